The van der Waals surface area contributed by atoms with E-state index >= 15 is 0 Å². The summed E-state index contributed by atoms with van der Waals surface area (Å²) in [5.74, 6) is 0.546. The molecule has 0 bridgehead atoms. The van der Waals surface area contributed by atoms with Gasteiger partial charge in [0, 0.05) is 11.2 Å². The topological polar surface area (TPSA) is 79.1 Å². The van der Waals surface area contributed by atoms with Crippen molar-refractivity contribution in [3.8, 4) is 11.5 Å². The van der Waals surface area contributed by atoms with E-state index in [1.165, 1.54) is 29.2 Å². The van der Waals surface area contributed by atoms with Gasteiger partial charge in [-0.2, -0.15) is 0 Å². The molecule has 0 radical (unpaired) electrons. The number of carbonyl (C=O) groups is 1. The van der Waals surface area contributed by atoms with Crippen LogP contribution in [-0.2, 0) is 9.53 Å². The Kier molecular flexibility index (Phi) is 7.19. The van der Waals surface area contributed by atoms with Gasteiger partial charge in [0.05, 0.1) is 36.5 Å². The Morgan fingerprint density at radius 3 is 2.59 bits per heavy atom. The fourth-order valence-electron chi connectivity index (χ4n) is 3.72. The van der Waals surface area contributed by atoms with Crippen LogP contribution in [-0.4, -0.2) is 30.9 Å². The van der Waals surface area contributed by atoms with Gasteiger partial charge in [-0.05, 0) is 49.2 Å². The van der Waals surface area contributed by atoms with Gasteiger partial charge < -0.3 is 14.2 Å². The summed E-state index contributed by atoms with van der Waals surface area (Å²) in [6.45, 7) is 4.67. The van der Waals surface area contributed by atoms with Crippen molar-refractivity contribution in [2.45, 2.75) is 19.9 Å². The number of hydrogen-bond donors (Lipinski definition) is 0. The molecule has 0 saturated carbocycles. The Labute approximate surface area is 205 Å². The molecule has 0 unspecified atom stereocenters. The SMILES string of the molecule is CCOc1ccc([C@@H]2C(C(=O)OC)=CN=c3s/c(=C\c4ccccc4Cl)c(=O)n32)cc1OCC. The Morgan fingerprint density at radius 1 is 1.15 bits per heavy atom. The Bertz CT molecular complexity index is 1440. The highest BCUT2D eigenvalue weighted by Crippen LogP contribution is 2.35. The third-order valence-corrected chi connectivity index (χ3v) is 6.54. The molecule has 0 amide bonds. The standard InChI is InChI=1S/C25H23ClN2O5S/c1-4-32-19-11-10-16(12-20(19)33-5-2)22-17(24(30)31-3)14-27-25-28(22)23(29)21(34-25)13-15-8-6-7-9-18(15)26/h6-14,22H,4-5H2,1-3H3/b21-13-/t22-/m1/s1. The summed E-state index contributed by atoms with van der Waals surface area (Å²) in [6, 6.07) is 11.9. The first-order valence-electron chi connectivity index (χ1n) is 10.7. The third kappa shape index (κ3) is 4.51. The molecule has 0 saturated heterocycles. The van der Waals surface area contributed by atoms with Crippen LogP contribution in [0.15, 0.2) is 64.0 Å². The minimum atomic E-state index is -0.744. The molecule has 2 aromatic carbocycles. The van der Waals surface area contributed by atoms with Crippen molar-refractivity contribution >= 4 is 35.0 Å². The molecule has 1 atom stereocenters. The zero-order valence-electron chi connectivity index (χ0n) is 18.9. The first kappa shape index (κ1) is 23.8. The van der Waals surface area contributed by atoms with Crippen molar-refractivity contribution in [3.05, 3.63) is 90.1 Å². The summed E-state index contributed by atoms with van der Waals surface area (Å²) in [6.07, 6.45) is 3.19. The van der Waals surface area contributed by atoms with Gasteiger partial charge >= 0.3 is 5.97 Å². The maximum absolute atomic E-state index is 13.6. The second-order valence-corrected chi connectivity index (χ2v) is 8.69. The molecule has 7 nitrogen and oxygen atoms in total. The number of methoxy groups -OCH3 is 1. The molecule has 0 fully saturated rings. The van der Waals surface area contributed by atoms with Crippen molar-refractivity contribution in [1.82, 2.24) is 4.57 Å². The molecule has 9 heteroatoms. The summed E-state index contributed by atoms with van der Waals surface area (Å²) in [7, 11) is 1.30. The van der Waals surface area contributed by atoms with E-state index in [1.807, 2.05) is 38.1 Å². The number of hydrogen-bond acceptors (Lipinski definition) is 7. The summed E-state index contributed by atoms with van der Waals surface area (Å²) < 4.78 is 18.4. The normalized spacial score (nSPS) is 15.2. The average Bonchev–Trinajstić information content (AvgIpc) is 3.16. The minimum Gasteiger partial charge on any atom is -0.490 e. The molecule has 0 aliphatic carbocycles. The maximum atomic E-state index is 13.6. The number of carbonyl (C=O) groups excluding carboxylic acids is 1. The van der Waals surface area contributed by atoms with Crippen LogP contribution >= 0.6 is 22.9 Å². The molecular weight excluding hydrogens is 476 g/mol. The molecule has 176 valence electrons. The average molecular weight is 499 g/mol. The van der Waals surface area contributed by atoms with Crippen LogP contribution in [0.5, 0.6) is 11.5 Å². The molecular formula is C25H23ClN2O5S. The Balaban J connectivity index is 1.92. The second kappa shape index (κ2) is 10.3. The molecule has 34 heavy (non-hydrogen) atoms. The number of halogens is 1. The highest BCUT2D eigenvalue weighted by molar-refractivity contribution is 7.07. The lowest BCUT2D eigenvalue weighted by atomic mass is 9.97. The number of nitrogens with zero attached hydrogens (tertiary/aromatic N) is 2. The van der Waals surface area contributed by atoms with E-state index in [4.69, 9.17) is 25.8 Å². The van der Waals surface area contributed by atoms with E-state index in [0.717, 1.165) is 5.56 Å². The predicted molar refractivity (Wildman–Crippen MR) is 131 cm³/mol. The molecule has 3 aromatic rings. The van der Waals surface area contributed by atoms with Crippen LogP contribution < -0.4 is 24.4 Å². The zero-order valence-corrected chi connectivity index (χ0v) is 20.5. The summed E-state index contributed by atoms with van der Waals surface area (Å²) in [5, 5.41) is 0.535. The largest absolute Gasteiger partial charge is 0.490 e. The summed E-state index contributed by atoms with van der Waals surface area (Å²) in [4.78, 5) is 31.0. The zero-order chi connectivity index (χ0) is 24.2. The summed E-state index contributed by atoms with van der Waals surface area (Å²) >= 11 is 7.52. The first-order chi connectivity index (χ1) is 16.5. The number of rotatable bonds is 7. The quantitative estimate of drug-likeness (QED) is 0.466. The number of esters is 1. The molecule has 0 spiro atoms. The Hall–Kier alpha value is -3.36. The monoisotopic (exact) mass is 498 g/mol. The summed E-state index contributed by atoms with van der Waals surface area (Å²) in [5.41, 5.74) is 1.35. The van der Waals surface area contributed by atoms with Gasteiger partial charge in [-0.3, -0.25) is 9.36 Å². The van der Waals surface area contributed by atoms with Gasteiger partial charge in [0.15, 0.2) is 16.3 Å². The van der Waals surface area contributed by atoms with E-state index in [2.05, 4.69) is 4.99 Å². The number of aromatic nitrogens is 1. The number of ether oxygens (including phenoxy) is 3. The fraction of sp³-hybridized carbons (Fsp3) is 0.240. The molecule has 1 aliphatic heterocycles. The highest BCUT2D eigenvalue weighted by atomic mass is 35.5. The van der Waals surface area contributed by atoms with Crippen molar-refractivity contribution in [2.75, 3.05) is 20.3 Å². The molecule has 1 aliphatic rings. The Morgan fingerprint density at radius 2 is 1.88 bits per heavy atom. The van der Waals surface area contributed by atoms with Crippen molar-refractivity contribution in [2.24, 2.45) is 4.99 Å². The fourth-order valence-corrected chi connectivity index (χ4v) is 4.87. The molecule has 0 N–H and O–H groups in total. The van der Waals surface area contributed by atoms with E-state index in [0.29, 0.717) is 44.6 Å². The first-order valence-corrected chi connectivity index (χ1v) is 11.9. The van der Waals surface area contributed by atoms with Gasteiger partial charge in [-0.25, -0.2) is 9.79 Å². The predicted octanol–water partition coefficient (Wildman–Crippen LogP) is 3.47. The van der Waals surface area contributed by atoms with Gasteiger partial charge in [0.1, 0.15) is 0 Å². The molecule has 1 aromatic heterocycles. The maximum Gasteiger partial charge on any atom is 0.337 e. The lowest BCUT2D eigenvalue weighted by Gasteiger charge is -2.23. The van der Waals surface area contributed by atoms with Crippen LogP contribution in [0.3, 0.4) is 0 Å². The second-order valence-electron chi connectivity index (χ2n) is 7.27. The van der Waals surface area contributed by atoms with Crippen LogP contribution in [0, 0.1) is 0 Å². The van der Waals surface area contributed by atoms with Crippen LogP contribution in [0.4, 0.5) is 0 Å². The van der Waals surface area contributed by atoms with Crippen molar-refractivity contribution in [3.63, 3.8) is 0 Å². The highest BCUT2D eigenvalue weighted by Gasteiger charge is 2.31. The van der Waals surface area contributed by atoms with E-state index in [9.17, 15) is 9.59 Å². The minimum absolute atomic E-state index is 0.241. The van der Waals surface area contributed by atoms with Crippen LogP contribution in [0.25, 0.3) is 6.08 Å². The van der Waals surface area contributed by atoms with Crippen molar-refractivity contribution < 1.29 is 19.0 Å². The van der Waals surface area contributed by atoms with Crippen LogP contribution in [0.1, 0.15) is 31.0 Å². The smallest absolute Gasteiger partial charge is 0.337 e. The molecule has 2 heterocycles. The molecule has 4 rings (SSSR count). The number of thiazole rings is 1. The van der Waals surface area contributed by atoms with Gasteiger partial charge in [0.25, 0.3) is 5.56 Å². The van der Waals surface area contributed by atoms with E-state index in [-0.39, 0.29) is 11.1 Å². The van der Waals surface area contributed by atoms with Gasteiger partial charge in [0.2, 0.25) is 0 Å². The van der Waals surface area contributed by atoms with Crippen molar-refractivity contribution in [1.29, 1.82) is 0 Å². The number of benzene rings is 2. The number of fused-ring (bicyclic) bond motifs is 1. The third-order valence-electron chi connectivity index (χ3n) is 5.20. The van der Waals surface area contributed by atoms with E-state index < -0.39 is 12.0 Å². The lowest BCUT2D eigenvalue weighted by Crippen LogP contribution is -2.39. The lowest BCUT2D eigenvalue weighted by molar-refractivity contribution is -0.136. The van der Waals surface area contributed by atoms with E-state index in [1.54, 1.807) is 24.3 Å². The van der Waals surface area contributed by atoms with Crippen LogP contribution in [0.2, 0.25) is 5.02 Å². The van der Waals surface area contributed by atoms with Gasteiger partial charge in [-0.15, -0.1) is 0 Å². The van der Waals surface area contributed by atoms with Gasteiger partial charge in [-0.1, -0.05) is 47.2 Å².